The average Bonchev–Trinajstić information content (AvgIpc) is 2.73. The van der Waals surface area contributed by atoms with Crippen molar-refractivity contribution in [2.75, 3.05) is 13.7 Å². The van der Waals surface area contributed by atoms with E-state index in [9.17, 15) is 0 Å². The molecular weight excluding hydrogens is 164 g/mol. The zero-order valence-electron chi connectivity index (χ0n) is 8.29. The van der Waals surface area contributed by atoms with E-state index in [1.165, 1.54) is 12.8 Å². The van der Waals surface area contributed by atoms with Crippen molar-refractivity contribution < 1.29 is 4.74 Å². The summed E-state index contributed by atoms with van der Waals surface area (Å²) in [6, 6.07) is 0. The first-order valence-corrected chi connectivity index (χ1v) is 4.72. The molecule has 0 amide bonds. The highest BCUT2D eigenvalue weighted by Crippen LogP contribution is 2.47. The van der Waals surface area contributed by atoms with Crippen LogP contribution in [0.4, 0.5) is 0 Å². The molecular formula is C10H16N2O. The number of methoxy groups -OCH3 is 1. The third-order valence-electron chi connectivity index (χ3n) is 2.84. The molecule has 1 aromatic heterocycles. The van der Waals surface area contributed by atoms with Gasteiger partial charge in [-0.15, -0.1) is 0 Å². The molecule has 72 valence electrons. The number of ether oxygens (including phenoxy) is 1. The van der Waals surface area contributed by atoms with Crippen LogP contribution in [0.5, 0.6) is 0 Å². The quantitative estimate of drug-likeness (QED) is 0.704. The molecule has 1 heterocycles. The second-order valence-corrected chi connectivity index (χ2v) is 4.04. The molecule has 1 aliphatic rings. The van der Waals surface area contributed by atoms with E-state index in [0.717, 1.165) is 19.0 Å². The number of hydrogen-bond donors (Lipinski definition) is 0. The highest BCUT2D eigenvalue weighted by Gasteiger charge is 2.43. The molecule has 0 atom stereocenters. The first-order chi connectivity index (χ1) is 6.26. The fourth-order valence-electron chi connectivity index (χ4n) is 1.76. The van der Waals surface area contributed by atoms with Crippen LogP contribution in [0.3, 0.4) is 0 Å². The molecule has 0 bridgehead atoms. The molecule has 0 unspecified atom stereocenters. The summed E-state index contributed by atoms with van der Waals surface area (Å²) in [5.74, 6) is 1.10. The van der Waals surface area contributed by atoms with Gasteiger partial charge in [-0.05, 0) is 19.8 Å². The molecule has 3 nitrogen and oxygen atoms in total. The highest BCUT2D eigenvalue weighted by atomic mass is 16.5. The zero-order valence-corrected chi connectivity index (χ0v) is 8.29. The van der Waals surface area contributed by atoms with Crippen LogP contribution in [0.25, 0.3) is 0 Å². The Hall–Kier alpha value is -0.830. The first-order valence-electron chi connectivity index (χ1n) is 4.72. The molecule has 0 aliphatic heterocycles. The van der Waals surface area contributed by atoms with Gasteiger partial charge >= 0.3 is 0 Å². The Kier molecular flexibility index (Phi) is 2.12. The van der Waals surface area contributed by atoms with Gasteiger partial charge in [0.15, 0.2) is 0 Å². The molecule has 1 aliphatic carbocycles. The van der Waals surface area contributed by atoms with Gasteiger partial charge in [0, 0.05) is 31.5 Å². The van der Waals surface area contributed by atoms with Crippen LogP contribution in [0.1, 0.15) is 18.7 Å². The molecule has 1 saturated carbocycles. The molecule has 0 N–H and O–H groups in total. The minimum Gasteiger partial charge on any atom is -0.384 e. The molecule has 3 heteroatoms. The van der Waals surface area contributed by atoms with Crippen molar-refractivity contribution in [2.45, 2.75) is 26.3 Å². The summed E-state index contributed by atoms with van der Waals surface area (Å²) in [5.41, 5.74) is 0.417. The number of imidazole rings is 1. The lowest BCUT2D eigenvalue weighted by atomic mass is 10.1. The smallest absolute Gasteiger partial charge is 0.105 e. The second-order valence-electron chi connectivity index (χ2n) is 4.04. The van der Waals surface area contributed by atoms with Crippen molar-refractivity contribution in [2.24, 2.45) is 5.41 Å². The lowest BCUT2D eigenvalue weighted by Gasteiger charge is -2.15. The summed E-state index contributed by atoms with van der Waals surface area (Å²) in [4.78, 5) is 4.21. The largest absolute Gasteiger partial charge is 0.384 e. The average molecular weight is 180 g/mol. The van der Waals surface area contributed by atoms with Crippen molar-refractivity contribution in [1.82, 2.24) is 9.55 Å². The standard InChI is InChI=1S/C10H16N2O/c1-9-11-5-6-12(9)7-10(3-4-10)8-13-2/h5-6H,3-4,7-8H2,1-2H3. The zero-order chi connectivity index (χ0) is 9.31. The molecule has 0 radical (unpaired) electrons. The van der Waals surface area contributed by atoms with E-state index in [1.807, 2.05) is 19.3 Å². The van der Waals surface area contributed by atoms with Crippen LogP contribution in [0.2, 0.25) is 0 Å². The third-order valence-corrected chi connectivity index (χ3v) is 2.84. The first kappa shape index (κ1) is 8.75. The normalized spacial score (nSPS) is 18.9. The summed E-state index contributed by atoms with van der Waals surface area (Å²) in [6.45, 7) is 3.99. The molecule has 0 aromatic carbocycles. The number of aromatic nitrogens is 2. The third kappa shape index (κ3) is 1.75. The minimum absolute atomic E-state index is 0.417. The molecule has 0 spiro atoms. The van der Waals surface area contributed by atoms with Gasteiger partial charge in [0.25, 0.3) is 0 Å². The van der Waals surface area contributed by atoms with Gasteiger partial charge in [-0.25, -0.2) is 4.98 Å². The predicted molar refractivity (Wildman–Crippen MR) is 50.5 cm³/mol. The monoisotopic (exact) mass is 180 g/mol. The molecule has 2 rings (SSSR count). The Morgan fingerprint density at radius 3 is 2.85 bits per heavy atom. The van der Waals surface area contributed by atoms with Crippen molar-refractivity contribution in [3.63, 3.8) is 0 Å². The fraction of sp³-hybridized carbons (Fsp3) is 0.700. The van der Waals surface area contributed by atoms with Crippen LogP contribution in [-0.2, 0) is 11.3 Å². The molecule has 1 aromatic rings. The summed E-state index contributed by atoms with van der Waals surface area (Å²) in [6.07, 6.45) is 6.49. The van der Waals surface area contributed by atoms with E-state index in [1.54, 1.807) is 7.11 Å². The van der Waals surface area contributed by atoms with Crippen LogP contribution in [0.15, 0.2) is 12.4 Å². The second kappa shape index (κ2) is 3.14. The molecule has 1 fully saturated rings. The Balaban J connectivity index is 2.02. The Labute approximate surface area is 78.7 Å². The molecule has 13 heavy (non-hydrogen) atoms. The van der Waals surface area contributed by atoms with Crippen molar-refractivity contribution in [1.29, 1.82) is 0 Å². The fourth-order valence-corrected chi connectivity index (χ4v) is 1.76. The van der Waals surface area contributed by atoms with Crippen molar-refractivity contribution in [3.05, 3.63) is 18.2 Å². The maximum Gasteiger partial charge on any atom is 0.105 e. The maximum atomic E-state index is 5.22. The van der Waals surface area contributed by atoms with Gasteiger partial charge in [-0.2, -0.15) is 0 Å². The predicted octanol–water partition coefficient (Wildman–Crippen LogP) is 1.62. The van der Waals surface area contributed by atoms with Gasteiger partial charge in [-0.1, -0.05) is 0 Å². The van der Waals surface area contributed by atoms with E-state index >= 15 is 0 Å². The summed E-state index contributed by atoms with van der Waals surface area (Å²) in [7, 11) is 1.78. The van der Waals surface area contributed by atoms with Gasteiger partial charge in [0.1, 0.15) is 5.82 Å². The Morgan fingerprint density at radius 2 is 2.38 bits per heavy atom. The van der Waals surface area contributed by atoms with E-state index in [-0.39, 0.29) is 0 Å². The maximum absolute atomic E-state index is 5.22. The van der Waals surface area contributed by atoms with Crippen LogP contribution < -0.4 is 0 Å². The van der Waals surface area contributed by atoms with E-state index in [4.69, 9.17) is 4.74 Å². The van der Waals surface area contributed by atoms with Gasteiger partial charge in [0.2, 0.25) is 0 Å². The molecule has 0 saturated heterocycles. The SMILES string of the molecule is COCC1(Cn2ccnc2C)CC1. The topological polar surface area (TPSA) is 27.1 Å². The summed E-state index contributed by atoms with van der Waals surface area (Å²) >= 11 is 0. The minimum atomic E-state index is 0.417. The van der Waals surface area contributed by atoms with Gasteiger partial charge < -0.3 is 9.30 Å². The number of aryl methyl sites for hydroxylation is 1. The van der Waals surface area contributed by atoms with Crippen LogP contribution in [-0.4, -0.2) is 23.3 Å². The number of nitrogens with zero attached hydrogens (tertiary/aromatic N) is 2. The number of hydrogen-bond acceptors (Lipinski definition) is 2. The summed E-state index contributed by atoms with van der Waals surface area (Å²) in [5, 5.41) is 0. The van der Waals surface area contributed by atoms with Crippen molar-refractivity contribution in [3.8, 4) is 0 Å². The lowest BCUT2D eigenvalue weighted by Crippen LogP contribution is -2.17. The Bertz CT molecular complexity index is 289. The summed E-state index contributed by atoms with van der Waals surface area (Å²) < 4.78 is 7.44. The van der Waals surface area contributed by atoms with E-state index in [2.05, 4.69) is 9.55 Å². The highest BCUT2D eigenvalue weighted by molar-refractivity contribution is 4.98. The lowest BCUT2D eigenvalue weighted by molar-refractivity contribution is 0.130. The Morgan fingerprint density at radius 1 is 1.62 bits per heavy atom. The van der Waals surface area contributed by atoms with Crippen molar-refractivity contribution >= 4 is 0 Å². The van der Waals surface area contributed by atoms with Gasteiger partial charge in [-0.3, -0.25) is 0 Å². The van der Waals surface area contributed by atoms with Crippen LogP contribution in [0, 0.1) is 12.3 Å². The number of rotatable bonds is 4. The van der Waals surface area contributed by atoms with E-state index < -0.39 is 0 Å². The van der Waals surface area contributed by atoms with Gasteiger partial charge in [0.05, 0.1) is 6.61 Å². The van der Waals surface area contributed by atoms with Crippen LogP contribution >= 0.6 is 0 Å². The van der Waals surface area contributed by atoms with E-state index in [0.29, 0.717) is 5.41 Å².